The Balaban J connectivity index is 2.84. The van der Waals surface area contributed by atoms with Crippen LogP contribution in [0, 0.1) is 19.3 Å². The predicted molar refractivity (Wildman–Crippen MR) is 48.8 cm³/mol. The molecule has 2 nitrogen and oxygen atoms in total. The largest absolute Gasteiger partial charge is 0.269 e. The lowest BCUT2D eigenvalue weighted by atomic mass is 10.1. The van der Waals surface area contributed by atoms with Crippen molar-refractivity contribution in [1.29, 1.82) is 0 Å². The van der Waals surface area contributed by atoms with E-state index in [9.17, 15) is 0 Å². The maximum atomic E-state index is 5.28. The summed E-state index contributed by atoms with van der Waals surface area (Å²) in [6.07, 6.45) is 5.28. The van der Waals surface area contributed by atoms with Crippen molar-refractivity contribution in [2.24, 2.45) is 0 Å². The fourth-order valence-corrected chi connectivity index (χ4v) is 1.23. The standard InChI is InChI=1S/C10H8N2/c1-3-9-8-5-4-7(2)6-10(8)12-11-9/h1,4-6H,2H3,(H,11,12). The van der Waals surface area contributed by atoms with Crippen molar-refractivity contribution in [3.8, 4) is 12.3 Å². The van der Waals surface area contributed by atoms with Gasteiger partial charge in [-0.15, -0.1) is 6.42 Å². The van der Waals surface area contributed by atoms with Gasteiger partial charge in [-0.05, 0) is 24.6 Å². The second-order valence-corrected chi connectivity index (χ2v) is 2.76. The molecule has 0 saturated heterocycles. The summed E-state index contributed by atoms with van der Waals surface area (Å²) in [5.74, 6) is 2.55. The van der Waals surface area contributed by atoms with Gasteiger partial charge in [0.1, 0.15) is 5.69 Å². The maximum absolute atomic E-state index is 5.28. The number of hydrogen-bond donors (Lipinski definition) is 1. The number of terminal acetylenes is 1. The first-order chi connectivity index (χ1) is 5.81. The second kappa shape index (κ2) is 2.38. The zero-order valence-electron chi connectivity index (χ0n) is 6.76. The third kappa shape index (κ3) is 0.876. The van der Waals surface area contributed by atoms with Gasteiger partial charge in [-0.1, -0.05) is 12.0 Å². The highest BCUT2D eigenvalue weighted by Gasteiger charge is 2.00. The van der Waals surface area contributed by atoms with Crippen LogP contribution in [0.25, 0.3) is 10.9 Å². The molecule has 0 aliphatic heterocycles. The van der Waals surface area contributed by atoms with Gasteiger partial charge < -0.3 is 0 Å². The zero-order valence-corrected chi connectivity index (χ0v) is 6.76. The van der Waals surface area contributed by atoms with Gasteiger partial charge in [-0.25, -0.2) is 0 Å². The molecule has 0 aliphatic rings. The highest BCUT2D eigenvalue weighted by atomic mass is 15.1. The van der Waals surface area contributed by atoms with Crippen molar-refractivity contribution in [3.63, 3.8) is 0 Å². The summed E-state index contributed by atoms with van der Waals surface area (Å²) < 4.78 is 0. The number of aryl methyl sites for hydroxylation is 1. The van der Waals surface area contributed by atoms with Gasteiger partial charge in [-0.3, -0.25) is 5.10 Å². The lowest BCUT2D eigenvalue weighted by Crippen LogP contribution is -1.73. The molecule has 0 unspecified atom stereocenters. The van der Waals surface area contributed by atoms with E-state index < -0.39 is 0 Å². The number of benzene rings is 1. The fraction of sp³-hybridized carbons (Fsp3) is 0.100. The molecule has 12 heavy (non-hydrogen) atoms. The highest BCUT2D eigenvalue weighted by Crippen LogP contribution is 2.15. The number of nitrogens with one attached hydrogen (secondary N) is 1. The van der Waals surface area contributed by atoms with Gasteiger partial charge in [0.05, 0.1) is 5.52 Å². The van der Waals surface area contributed by atoms with E-state index in [1.54, 1.807) is 0 Å². The lowest BCUT2D eigenvalue weighted by molar-refractivity contribution is 1.10. The molecular weight excluding hydrogens is 148 g/mol. The summed E-state index contributed by atoms with van der Waals surface area (Å²) >= 11 is 0. The fourth-order valence-electron chi connectivity index (χ4n) is 1.23. The Labute approximate surface area is 70.6 Å². The zero-order chi connectivity index (χ0) is 8.55. The average molecular weight is 156 g/mol. The Bertz CT molecular complexity index is 460. The van der Waals surface area contributed by atoms with Crippen LogP contribution in [-0.2, 0) is 0 Å². The second-order valence-electron chi connectivity index (χ2n) is 2.76. The number of rotatable bonds is 0. The van der Waals surface area contributed by atoms with Crippen molar-refractivity contribution in [3.05, 3.63) is 29.5 Å². The number of nitrogens with zero attached hydrogens (tertiary/aromatic N) is 1. The van der Waals surface area contributed by atoms with Crippen molar-refractivity contribution < 1.29 is 0 Å². The Morgan fingerprint density at radius 1 is 1.50 bits per heavy atom. The molecule has 1 N–H and O–H groups in total. The molecule has 1 aromatic carbocycles. The molecule has 0 bridgehead atoms. The summed E-state index contributed by atoms with van der Waals surface area (Å²) in [7, 11) is 0. The van der Waals surface area contributed by atoms with Crippen molar-refractivity contribution in [1.82, 2.24) is 10.2 Å². The summed E-state index contributed by atoms with van der Waals surface area (Å²) in [5, 5.41) is 7.90. The first kappa shape index (κ1) is 6.93. The molecule has 0 aliphatic carbocycles. The van der Waals surface area contributed by atoms with Crippen LogP contribution in [0.2, 0.25) is 0 Å². The molecule has 0 fully saturated rings. The number of aromatic amines is 1. The van der Waals surface area contributed by atoms with E-state index in [0.29, 0.717) is 0 Å². The van der Waals surface area contributed by atoms with E-state index in [1.165, 1.54) is 5.56 Å². The molecule has 0 radical (unpaired) electrons. The molecule has 2 aromatic rings. The molecular formula is C10H8N2. The first-order valence-electron chi connectivity index (χ1n) is 3.72. The maximum Gasteiger partial charge on any atom is 0.115 e. The minimum atomic E-state index is 0.755. The summed E-state index contributed by atoms with van der Waals surface area (Å²) in [4.78, 5) is 0. The third-order valence-corrected chi connectivity index (χ3v) is 1.86. The SMILES string of the molecule is C#Cc1[nH]nc2cc(C)ccc12. The minimum absolute atomic E-state index is 0.755. The van der Waals surface area contributed by atoms with Gasteiger partial charge in [0, 0.05) is 5.39 Å². The van der Waals surface area contributed by atoms with Crippen LogP contribution in [0.15, 0.2) is 18.2 Å². The third-order valence-electron chi connectivity index (χ3n) is 1.86. The van der Waals surface area contributed by atoms with Crippen molar-refractivity contribution >= 4 is 10.9 Å². The molecule has 2 heteroatoms. The van der Waals surface area contributed by atoms with Crippen LogP contribution < -0.4 is 0 Å². The van der Waals surface area contributed by atoms with Crippen LogP contribution in [0.4, 0.5) is 0 Å². The molecule has 1 aromatic heterocycles. The Morgan fingerprint density at radius 2 is 2.33 bits per heavy atom. The Kier molecular flexibility index (Phi) is 1.38. The van der Waals surface area contributed by atoms with E-state index in [1.807, 2.05) is 25.1 Å². The predicted octanol–water partition coefficient (Wildman–Crippen LogP) is 1.85. The number of hydrogen-bond acceptors (Lipinski definition) is 1. The molecule has 0 saturated carbocycles. The van der Waals surface area contributed by atoms with Gasteiger partial charge >= 0.3 is 0 Å². The van der Waals surface area contributed by atoms with Crippen LogP contribution in [0.5, 0.6) is 0 Å². The molecule has 58 valence electrons. The topological polar surface area (TPSA) is 28.7 Å². The van der Waals surface area contributed by atoms with Crippen LogP contribution >= 0.6 is 0 Å². The molecule has 0 amide bonds. The summed E-state index contributed by atoms with van der Waals surface area (Å²) in [6.45, 7) is 2.03. The lowest BCUT2D eigenvalue weighted by Gasteiger charge is -1.90. The molecule has 2 rings (SSSR count). The average Bonchev–Trinajstić information content (AvgIpc) is 2.46. The monoisotopic (exact) mass is 156 g/mol. The van der Waals surface area contributed by atoms with Gasteiger partial charge in [-0.2, -0.15) is 5.10 Å². The van der Waals surface area contributed by atoms with Gasteiger partial charge in [0.2, 0.25) is 0 Å². The van der Waals surface area contributed by atoms with Gasteiger partial charge in [0.15, 0.2) is 0 Å². The smallest absolute Gasteiger partial charge is 0.115 e. The van der Waals surface area contributed by atoms with Crippen LogP contribution in [-0.4, -0.2) is 10.2 Å². The molecule has 1 heterocycles. The summed E-state index contributed by atoms with van der Waals surface area (Å²) in [6, 6.07) is 6.02. The summed E-state index contributed by atoms with van der Waals surface area (Å²) in [5.41, 5.74) is 2.88. The normalized spacial score (nSPS) is 10.0. The van der Waals surface area contributed by atoms with E-state index in [4.69, 9.17) is 6.42 Å². The first-order valence-corrected chi connectivity index (χ1v) is 3.72. The van der Waals surface area contributed by atoms with E-state index in [-0.39, 0.29) is 0 Å². The molecule has 0 spiro atoms. The highest BCUT2D eigenvalue weighted by molar-refractivity contribution is 5.84. The Hall–Kier alpha value is -1.75. The number of fused-ring (bicyclic) bond motifs is 1. The van der Waals surface area contributed by atoms with Crippen LogP contribution in [0.1, 0.15) is 11.3 Å². The van der Waals surface area contributed by atoms with Crippen LogP contribution in [0.3, 0.4) is 0 Å². The van der Waals surface area contributed by atoms with E-state index >= 15 is 0 Å². The van der Waals surface area contributed by atoms with E-state index in [0.717, 1.165) is 16.6 Å². The number of aromatic nitrogens is 2. The van der Waals surface area contributed by atoms with E-state index in [2.05, 4.69) is 16.1 Å². The molecule has 0 atom stereocenters. The van der Waals surface area contributed by atoms with Gasteiger partial charge in [0.25, 0.3) is 0 Å². The minimum Gasteiger partial charge on any atom is -0.269 e. The number of H-pyrrole nitrogens is 1. The van der Waals surface area contributed by atoms with Crippen molar-refractivity contribution in [2.45, 2.75) is 6.92 Å². The van der Waals surface area contributed by atoms with Crippen molar-refractivity contribution in [2.75, 3.05) is 0 Å². The Morgan fingerprint density at radius 3 is 3.08 bits per heavy atom. The quantitative estimate of drug-likeness (QED) is 0.579.